The van der Waals surface area contributed by atoms with Gasteiger partial charge < -0.3 is 10.2 Å². The monoisotopic (exact) mass is 452 g/mol. The lowest BCUT2D eigenvalue weighted by atomic mass is 9.98. The molecule has 1 amide bonds. The molecule has 2 aromatic carbocycles. The Hall–Kier alpha value is -2.60. The second-order valence-electron chi connectivity index (χ2n) is 8.77. The minimum Gasteiger partial charge on any atom is -0.378 e. The number of amides is 1. The van der Waals surface area contributed by atoms with Gasteiger partial charge in [-0.25, -0.2) is 0 Å². The smallest absolute Gasteiger partial charge is 0.299 e. The fraction of sp³-hybridized carbons (Fsp3) is 0.346. The van der Waals surface area contributed by atoms with Gasteiger partial charge in [0.05, 0.1) is 17.8 Å². The van der Waals surface area contributed by atoms with Crippen molar-refractivity contribution in [2.45, 2.75) is 43.5 Å². The largest absolute Gasteiger partial charge is 0.378 e. The van der Waals surface area contributed by atoms with Crippen molar-refractivity contribution in [3.8, 4) is 11.1 Å². The number of likely N-dealkylation sites (tertiary alicyclic amines) is 1. The number of benzene rings is 2. The number of rotatable bonds is 5. The fourth-order valence-electron chi connectivity index (χ4n) is 5.14. The molecule has 6 heteroatoms. The second kappa shape index (κ2) is 8.07. The number of thioether (sulfide) groups is 1. The van der Waals surface area contributed by atoms with Gasteiger partial charge in [0.1, 0.15) is 0 Å². The Morgan fingerprint density at radius 3 is 2.75 bits per heavy atom. The zero-order valence-electron chi connectivity index (χ0n) is 18.0. The van der Waals surface area contributed by atoms with Crippen LogP contribution in [0.3, 0.4) is 0 Å². The standard InChI is InChI=1S/C26H26F2N2OS/c1-3-16(2)23-14-18(25-29-10-11-32-25)15-30(23)24(31)13-17-8-9-22-20(12-17)19-6-4-5-7-21(19)26(22,27)28/h4-12,18,23,25,29H,2-3,13-15H2,1H3. The first-order valence-electron chi connectivity index (χ1n) is 11.0. The molecule has 1 fully saturated rings. The molecule has 5 rings (SSSR count). The number of fused-ring (bicyclic) bond motifs is 3. The van der Waals surface area contributed by atoms with Gasteiger partial charge in [0, 0.05) is 29.8 Å². The Balaban J connectivity index is 1.39. The van der Waals surface area contributed by atoms with Crippen molar-refractivity contribution >= 4 is 17.7 Å². The molecule has 166 valence electrons. The first-order chi connectivity index (χ1) is 15.4. The quantitative estimate of drug-likeness (QED) is 0.594. The van der Waals surface area contributed by atoms with Crippen LogP contribution in [0, 0.1) is 5.92 Å². The van der Waals surface area contributed by atoms with Crippen molar-refractivity contribution < 1.29 is 13.6 Å². The zero-order chi connectivity index (χ0) is 22.5. The number of carbonyl (C=O) groups excluding carboxylic acids is 1. The molecule has 0 saturated carbocycles. The summed E-state index contributed by atoms with van der Waals surface area (Å²) in [7, 11) is 0. The van der Waals surface area contributed by atoms with Crippen LogP contribution in [0.5, 0.6) is 0 Å². The van der Waals surface area contributed by atoms with E-state index in [1.807, 2.05) is 11.1 Å². The number of hydrogen-bond donors (Lipinski definition) is 1. The molecule has 0 spiro atoms. The normalized spacial score (nSPS) is 24.8. The van der Waals surface area contributed by atoms with Crippen molar-refractivity contribution in [3.05, 3.63) is 82.9 Å². The summed E-state index contributed by atoms with van der Waals surface area (Å²) >= 11 is 1.76. The number of nitrogens with one attached hydrogen (secondary N) is 1. The van der Waals surface area contributed by atoms with E-state index in [4.69, 9.17) is 0 Å². The predicted octanol–water partition coefficient (Wildman–Crippen LogP) is 5.67. The maximum atomic E-state index is 14.8. The highest BCUT2D eigenvalue weighted by molar-refractivity contribution is 8.02. The van der Waals surface area contributed by atoms with Crippen LogP contribution < -0.4 is 5.32 Å². The van der Waals surface area contributed by atoms with E-state index < -0.39 is 5.92 Å². The lowest BCUT2D eigenvalue weighted by Gasteiger charge is -2.26. The topological polar surface area (TPSA) is 32.3 Å². The van der Waals surface area contributed by atoms with Crippen molar-refractivity contribution in [2.24, 2.45) is 5.92 Å². The van der Waals surface area contributed by atoms with E-state index in [-0.39, 0.29) is 34.9 Å². The van der Waals surface area contributed by atoms with Gasteiger partial charge in [-0.1, -0.05) is 61.5 Å². The number of halogens is 2. The van der Waals surface area contributed by atoms with E-state index in [1.165, 1.54) is 12.1 Å². The molecule has 2 aliphatic heterocycles. The minimum atomic E-state index is -3.00. The summed E-state index contributed by atoms with van der Waals surface area (Å²) in [5.74, 6) is -2.63. The van der Waals surface area contributed by atoms with Gasteiger partial charge in [-0.2, -0.15) is 8.78 Å². The summed E-state index contributed by atoms with van der Waals surface area (Å²) in [6, 6.07) is 11.6. The Labute approximate surface area is 191 Å². The second-order valence-corrected chi connectivity index (χ2v) is 9.82. The molecule has 1 aliphatic carbocycles. The van der Waals surface area contributed by atoms with Gasteiger partial charge in [-0.15, -0.1) is 11.8 Å². The summed E-state index contributed by atoms with van der Waals surface area (Å²) in [5, 5.41) is 5.70. The minimum absolute atomic E-state index is 0.0187. The van der Waals surface area contributed by atoms with Crippen molar-refractivity contribution in [1.82, 2.24) is 10.2 Å². The van der Waals surface area contributed by atoms with Crippen molar-refractivity contribution in [3.63, 3.8) is 0 Å². The number of hydrogen-bond acceptors (Lipinski definition) is 3. The van der Waals surface area contributed by atoms with Crippen LogP contribution in [0.4, 0.5) is 8.78 Å². The molecule has 3 aliphatic rings. The molecule has 1 saturated heterocycles. The highest BCUT2D eigenvalue weighted by Gasteiger charge is 2.44. The first-order valence-corrected chi connectivity index (χ1v) is 12.0. The van der Waals surface area contributed by atoms with Gasteiger partial charge in [-0.05, 0) is 34.9 Å². The molecule has 3 atom stereocenters. The molecule has 0 bridgehead atoms. The molecular formula is C26H26F2N2OS. The maximum absolute atomic E-state index is 14.8. The van der Waals surface area contributed by atoms with Gasteiger partial charge in [0.15, 0.2) is 0 Å². The molecule has 3 nitrogen and oxygen atoms in total. The van der Waals surface area contributed by atoms with Crippen LogP contribution in [-0.4, -0.2) is 28.8 Å². The van der Waals surface area contributed by atoms with Gasteiger partial charge in [-0.3, -0.25) is 4.79 Å². The van der Waals surface area contributed by atoms with Crippen LogP contribution in [0.25, 0.3) is 11.1 Å². The molecule has 1 N–H and O–H groups in total. The SMILES string of the molecule is C=C(CC)C1CC(C2NC=CS2)CN1C(=O)Cc1ccc2c(c1)-c1ccccc1C2(F)F. The van der Waals surface area contributed by atoms with Crippen LogP contribution in [-0.2, 0) is 17.1 Å². The predicted molar refractivity (Wildman–Crippen MR) is 125 cm³/mol. The van der Waals surface area contributed by atoms with E-state index in [0.29, 0.717) is 23.6 Å². The molecule has 0 aromatic heterocycles. The van der Waals surface area contributed by atoms with E-state index >= 15 is 0 Å². The Morgan fingerprint density at radius 2 is 2.00 bits per heavy atom. The van der Waals surface area contributed by atoms with E-state index in [0.717, 1.165) is 24.0 Å². The average molecular weight is 453 g/mol. The molecule has 32 heavy (non-hydrogen) atoms. The fourth-order valence-corrected chi connectivity index (χ4v) is 6.04. The highest BCUT2D eigenvalue weighted by Crippen LogP contribution is 2.51. The molecule has 2 aromatic rings. The summed E-state index contributed by atoms with van der Waals surface area (Å²) < 4.78 is 29.7. The highest BCUT2D eigenvalue weighted by atomic mass is 32.2. The van der Waals surface area contributed by atoms with Crippen LogP contribution in [0.15, 0.2) is 66.2 Å². The van der Waals surface area contributed by atoms with Gasteiger partial charge in [0.2, 0.25) is 5.91 Å². The molecule has 3 unspecified atom stereocenters. The van der Waals surface area contributed by atoms with Crippen molar-refractivity contribution in [1.29, 1.82) is 0 Å². The Kier molecular flexibility index (Phi) is 5.36. The van der Waals surface area contributed by atoms with Crippen molar-refractivity contribution in [2.75, 3.05) is 6.54 Å². The Bertz CT molecular complexity index is 1100. The van der Waals surface area contributed by atoms with E-state index in [2.05, 4.69) is 24.2 Å². The summed E-state index contributed by atoms with van der Waals surface area (Å²) in [6.07, 6.45) is 3.89. The third-order valence-electron chi connectivity index (χ3n) is 6.89. The Morgan fingerprint density at radius 1 is 1.22 bits per heavy atom. The van der Waals surface area contributed by atoms with Crippen LogP contribution in [0.2, 0.25) is 0 Å². The van der Waals surface area contributed by atoms with Gasteiger partial charge >= 0.3 is 0 Å². The molecule has 0 radical (unpaired) electrons. The third kappa shape index (κ3) is 3.45. The lowest BCUT2D eigenvalue weighted by molar-refractivity contribution is -0.130. The summed E-state index contributed by atoms with van der Waals surface area (Å²) in [5.41, 5.74) is 2.97. The molecule has 2 heterocycles. The third-order valence-corrected chi connectivity index (χ3v) is 8.00. The average Bonchev–Trinajstić information content (AvgIpc) is 3.52. The number of carbonyl (C=O) groups is 1. The maximum Gasteiger partial charge on any atom is 0.299 e. The van der Waals surface area contributed by atoms with E-state index in [1.54, 1.807) is 42.1 Å². The lowest BCUT2D eigenvalue weighted by Crippen LogP contribution is -2.38. The zero-order valence-corrected chi connectivity index (χ0v) is 18.8. The number of nitrogens with zero attached hydrogens (tertiary/aromatic N) is 1. The van der Waals surface area contributed by atoms with Crippen LogP contribution in [0.1, 0.15) is 36.5 Å². The van der Waals surface area contributed by atoms with Crippen LogP contribution >= 0.6 is 11.8 Å². The first kappa shape index (κ1) is 21.3. The summed E-state index contributed by atoms with van der Waals surface area (Å²) in [6.45, 7) is 6.98. The number of alkyl halides is 2. The molecular weight excluding hydrogens is 426 g/mol. The van der Waals surface area contributed by atoms with Gasteiger partial charge in [0.25, 0.3) is 5.92 Å². The van der Waals surface area contributed by atoms with E-state index in [9.17, 15) is 13.6 Å². The summed E-state index contributed by atoms with van der Waals surface area (Å²) in [4.78, 5) is 15.3.